The summed E-state index contributed by atoms with van der Waals surface area (Å²) in [5.41, 5.74) is 4.13. The van der Waals surface area contributed by atoms with Crippen LogP contribution >= 0.6 is 0 Å². The molecular formula is C30H38O4. The van der Waals surface area contributed by atoms with Gasteiger partial charge in [-0.05, 0) is 60.1 Å². The van der Waals surface area contributed by atoms with Crippen LogP contribution in [0.1, 0.15) is 80.4 Å². The van der Waals surface area contributed by atoms with Crippen molar-refractivity contribution >= 4 is 0 Å². The molecule has 1 aliphatic carbocycles. The number of unbranched alkanes of at least 4 members (excludes halogenated alkanes) is 1. The van der Waals surface area contributed by atoms with Crippen LogP contribution in [0.5, 0.6) is 11.5 Å². The van der Waals surface area contributed by atoms with Gasteiger partial charge in [-0.15, -0.1) is 0 Å². The third-order valence-corrected chi connectivity index (χ3v) is 7.32. The summed E-state index contributed by atoms with van der Waals surface area (Å²) in [5.74, 6) is 3.41. The highest BCUT2D eigenvalue weighted by Crippen LogP contribution is 2.39. The molecule has 2 fully saturated rings. The molecule has 3 aliphatic rings. The topological polar surface area (TPSA) is 43.5 Å². The van der Waals surface area contributed by atoms with Crippen LogP contribution < -0.4 is 9.47 Å². The Hall–Kier alpha value is -2.30. The molecule has 5 rings (SSSR count). The number of rotatable bonds is 12. The van der Waals surface area contributed by atoms with E-state index >= 15 is 0 Å². The fraction of sp³-hybridized carbons (Fsp3) is 0.533. The zero-order valence-corrected chi connectivity index (χ0v) is 20.6. The average Bonchev–Trinajstić information content (AvgIpc) is 3.81. The molecule has 2 aromatic rings. The maximum atomic E-state index is 6.16. The van der Waals surface area contributed by atoms with Gasteiger partial charge in [-0.2, -0.15) is 0 Å². The van der Waals surface area contributed by atoms with Gasteiger partial charge in [0, 0.05) is 11.8 Å². The van der Waals surface area contributed by atoms with Crippen molar-refractivity contribution in [3.8, 4) is 11.5 Å². The second kappa shape index (κ2) is 11.0. The summed E-state index contributed by atoms with van der Waals surface area (Å²) in [6, 6.07) is 15.5. The number of epoxide rings is 2. The van der Waals surface area contributed by atoms with E-state index in [2.05, 4.69) is 68.5 Å². The van der Waals surface area contributed by atoms with E-state index in [0.717, 1.165) is 37.6 Å². The fourth-order valence-corrected chi connectivity index (χ4v) is 4.87. The molecule has 4 heteroatoms. The smallest absolute Gasteiger partial charge is 0.122 e. The molecule has 2 saturated heterocycles. The molecule has 0 bridgehead atoms. The molecule has 182 valence electrons. The number of ether oxygens (including phenoxy) is 4. The predicted octanol–water partition coefficient (Wildman–Crippen LogP) is 6.75. The van der Waals surface area contributed by atoms with Crippen LogP contribution in [-0.4, -0.2) is 38.6 Å². The third kappa shape index (κ3) is 6.22. The molecule has 2 heterocycles. The highest BCUT2D eigenvalue weighted by atomic mass is 16.6. The van der Waals surface area contributed by atoms with Crippen molar-refractivity contribution in [2.24, 2.45) is 0 Å². The summed E-state index contributed by atoms with van der Waals surface area (Å²) >= 11 is 0. The lowest BCUT2D eigenvalue weighted by atomic mass is 9.80. The van der Waals surface area contributed by atoms with Gasteiger partial charge < -0.3 is 18.9 Å². The first-order valence-corrected chi connectivity index (χ1v) is 13.1. The standard InChI is InChI=1S/C30H38O4/c1-3-4-5-21(2)29-16-25(12-15-30(29)34-20-28-19-33-28)24-8-6-22(7-9-24)23-10-13-26(14-11-23)31-17-27-18-32-27/h6,8,10-16,21-22,24,27-28H,3-5,7,9,17-20H2,1-2H3. The van der Waals surface area contributed by atoms with Gasteiger partial charge in [-0.3, -0.25) is 0 Å². The largest absolute Gasteiger partial charge is 0.491 e. The Labute approximate surface area is 204 Å². The van der Waals surface area contributed by atoms with E-state index < -0.39 is 0 Å². The minimum Gasteiger partial charge on any atom is -0.491 e. The number of allylic oxidation sites excluding steroid dienone is 2. The molecule has 34 heavy (non-hydrogen) atoms. The van der Waals surface area contributed by atoms with Crippen LogP contribution in [0.2, 0.25) is 0 Å². The van der Waals surface area contributed by atoms with Crippen LogP contribution in [0.15, 0.2) is 54.6 Å². The highest BCUT2D eigenvalue weighted by molar-refractivity contribution is 5.43. The monoisotopic (exact) mass is 462 g/mol. The predicted molar refractivity (Wildman–Crippen MR) is 135 cm³/mol. The van der Waals surface area contributed by atoms with E-state index in [0.29, 0.717) is 37.1 Å². The van der Waals surface area contributed by atoms with E-state index in [9.17, 15) is 0 Å². The third-order valence-electron chi connectivity index (χ3n) is 7.32. The normalized spacial score (nSPS) is 26.2. The van der Waals surface area contributed by atoms with Gasteiger partial charge in [0.1, 0.15) is 36.9 Å². The van der Waals surface area contributed by atoms with Crippen LogP contribution in [0.25, 0.3) is 0 Å². The molecular weight excluding hydrogens is 424 g/mol. The molecule has 0 N–H and O–H groups in total. The Kier molecular flexibility index (Phi) is 7.56. The lowest BCUT2D eigenvalue weighted by Gasteiger charge is -2.25. The van der Waals surface area contributed by atoms with Gasteiger partial charge in [0.25, 0.3) is 0 Å². The van der Waals surface area contributed by atoms with E-state index in [1.54, 1.807) is 0 Å². The Morgan fingerprint density at radius 3 is 2.09 bits per heavy atom. The summed E-state index contributed by atoms with van der Waals surface area (Å²) in [7, 11) is 0. The number of hydrogen-bond donors (Lipinski definition) is 0. The summed E-state index contributed by atoms with van der Waals surface area (Å²) in [6.07, 6.45) is 11.4. The zero-order chi connectivity index (χ0) is 23.3. The Morgan fingerprint density at radius 2 is 1.47 bits per heavy atom. The van der Waals surface area contributed by atoms with Crippen molar-refractivity contribution in [3.05, 3.63) is 71.3 Å². The molecule has 2 aliphatic heterocycles. The minimum atomic E-state index is 0.282. The summed E-state index contributed by atoms with van der Waals surface area (Å²) < 4.78 is 22.5. The van der Waals surface area contributed by atoms with Crippen molar-refractivity contribution in [3.63, 3.8) is 0 Å². The highest BCUT2D eigenvalue weighted by Gasteiger charge is 2.25. The van der Waals surface area contributed by atoms with Crippen molar-refractivity contribution < 1.29 is 18.9 Å². The maximum absolute atomic E-state index is 6.16. The first-order chi connectivity index (χ1) is 16.7. The van der Waals surface area contributed by atoms with Crippen molar-refractivity contribution in [2.45, 2.75) is 75.9 Å². The zero-order valence-electron chi connectivity index (χ0n) is 20.6. The quantitative estimate of drug-likeness (QED) is 0.258. The summed E-state index contributed by atoms with van der Waals surface area (Å²) in [5, 5.41) is 0. The van der Waals surface area contributed by atoms with E-state index in [1.807, 2.05) is 0 Å². The maximum Gasteiger partial charge on any atom is 0.122 e. The van der Waals surface area contributed by atoms with E-state index in [-0.39, 0.29) is 6.10 Å². The van der Waals surface area contributed by atoms with Crippen LogP contribution in [0.3, 0.4) is 0 Å². The second-order valence-corrected chi connectivity index (χ2v) is 10.1. The van der Waals surface area contributed by atoms with Crippen molar-refractivity contribution in [1.82, 2.24) is 0 Å². The lowest BCUT2D eigenvalue weighted by Crippen LogP contribution is -2.10. The van der Waals surface area contributed by atoms with Gasteiger partial charge in [0.15, 0.2) is 0 Å². The first-order valence-electron chi connectivity index (χ1n) is 13.1. The van der Waals surface area contributed by atoms with Gasteiger partial charge in [-0.1, -0.05) is 63.1 Å². The molecule has 2 aromatic carbocycles. The molecule has 5 unspecified atom stereocenters. The van der Waals surface area contributed by atoms with Crippen LogP contribution in [0, 0.1) is 0 Å². The summed E-state index contributed by atoms with van der Waals surface area (Å²) in [4.78, 5) is 0. The second-order valence-electron chi connectivity index (χ2n) is 10.1. The molecule has 0 radical (unpaired) electrons. The van der Waals surface area contributed by atoms with E-state index in [1.165, 1.54) is 36.0 Å². The van der Waals surface area contributed by atoms with Gasteiger partial charge in [0.2, 0.25) is 0 Å². The van der Waals surface area contributed by atoms with Crippen LogP contribution in [-0.2, 0) is 9.47 Å². The Balaban J connectivity index is 1.24. The average molecular weight is 463 g/mol. The minimum absolute atomic E-state index is 0.282. The van der Waals surface area contributed by atoms with Crippen molar-refractivity contribution in [2.75, 3.05) is 26.4 Å². The van der Waals surface area contributed by atoms with Crippen molar-refractivity contribution in [1.29, 1.82) is 0 Å². The van der Waals surface area contributed by atoms with Gasteiger partial charge in [0.05, 0.1) is 13.2 Å². The first kappa shape index (κ1) is 23.4. The number of hydrogen-bond acceptors (Lipinski definition) is 4. The van der Waals surface area contributed by atoms with Crippen LogP contribution in [0.4, 0.5) is 0 Å². The SMILES string of the molecule is CCCCC(C)c1cc(C2C=CC(c3ccc(OCC4CO4)cc3)CC2)ccc1OCC1CO1. The summed E-state index contributed by atoms with van der Waals surface area (Å²) in [6.45, 7) is 7.58. The van der Waals surface area contributed by atoms with E-state index in [4.69, 9.17) is 18.9 Å². The van der Waals surface area contributed by atoms with Gasteiger partial charge in [-0.25, -0.2) is 0 Å². The van der Waals surface area contributed by atoms with Gasteiger partial charge >= 0.3 is 0 Å². The molecule has 0 spiro atoms. The lowest BCUT2D eigenvalue weighted by molar-refractivity contribution is 0.260. The Bertz CT molecular complexity index is 958. The molecule has 0 saturated carbocycles. The number of benzene rings is 2. The molecule has 5 atom stereocenters. The molecule has 0 amide bonds. The fourth-order valence-electron chi connectivity index (χ4n) is 4.87. The molecule has 4 nitrogen and oxygen atoms in total. The Morgan fingerprint density at radius 1 is 0.853 bits per heavy atom. The molecule has 0 aromatic heterocycles.